The molecule has 4 N–H and O–H groups in total. The molecule has 0 saturated heterocycles. The maximum Gasteiger partial charge on any atom is 0.202 e. The lowest BCUT2D eigenvalue weighted by molar-refractivity contribution is 0.0974. The van der Waals surface area contributed by atoms with E-state index in [0.717, 1.165) is 6.07 Å². The summed E-state index contributed by atoms with van der Waals surface area (Å²) in [7, 11) is 1.49. The topological polar surface area (TPSA) is 107 Å². The monoisotopic (exact) mass is 299 g/mol. The SMILES string of the molecule is CNc1c(O)cc(O)c2c1C(=O)c1cc(C)cc(O)c1C2=O. The fourth-order valence-corrected chi connectivity index (χ4v) is 2.81. The van der Waals surface area contributed by atoms with Gasteiger partial charge in [-0.05, 0) is 24.6 Å². The minimum absolute atomic E-state index is 0.0523. The molecule has 2 aromatic carbocycles. The van der Waals surface area contributed by atoms with Gasteiger partial charge in [-0.3, -0.25) is 9.59 Å². The van der Waals surface area contributed by atoms with Gasteiger partial charge in [0.05, 0.1) is 22.4 Å². The number of benzene rings is 2. The third-order valence-corrected chi connectivity index (χ3v) is 3.72. The van der Waals surface area contributed by atoms with E-state index in [1.165, 1.54) is 19.2 Å². The summed E-state index contributed by atoms with van der Waals surface area (Å²) in [5, 5.41) is 32.5. The molecule has 0 fully saturated rings. The van der Waals surface area contributed by atoms with Crippen LogP contribution in [0.1, 0.15) is 37.4 Å². The Bertz CT molecular complexity index is 854. The fraction of sp³-hybridized carbons (Fsp3) is 0.125. The third kappa shape index (κ3) is 1.67. The minimum Gasteiger partial charge on any atom is -0.507 e. The van der Waals surface area contributed by atoms with Crippen molar-refractivity contribution in [2.75, 3.05) is 12.4 Å². The average molecular weight is 299 g/mol. The van der Waals surface area contributed by atoms with Gasteiger partial charge in [-0.25, -0.2) is 0 Å². The first-order valence-corrected chi connectivity index (χ1v) is 6.56. The molecule has 6 heteroatoms. The van der Waals surface area contributed by atoms with Crippen LogP contribution in [0.25, 0.3) is 0 Å². The summed E-state index contributed by atoms with van der Waals surface area (Å²) in [6, 6.07) is 3.87. The number of carbonyl (C=O) groups excluding carboxylic acids is 2. The normalized spacial score (nSPS) is 12.8. The van der Waals surface area contributed by atoms with Gasteiger partial charge in [0.15, 0.2) is 5.78 Å². The van der Waals surface area contributed by atoms with Gasteiger partial charge in [-0.1, -0.05) is 0 Å². The number of rotatable bonds is 1. The maximum atomic E-state index is 12.7. The third-order valence-electron chi connectivity index (χ3n) is 3.72. The number of fused-ring (bicyclic) bond motifs is 2. The van der Waals surface area contributed by atoms with Crippen LogP contribution in [0.5, 0.6) is 17.2 Å². The fourth-order valence-electron chi connectivity index (χ4n) is 2.81. The zero-order chi connectivity index (χ0) is 16.2. The lowest BCUT2D eigenvalue weighted by atomic mass is 9.81. The van der Waals surface area contributed by atoms with Crippen LogP contribution in [-0.2, 0) is 0 Å². The van der Waals surface area contributed by atoms with E-state index in [4.69, 9.17) is 0 Å². The van der Waals surface area contributed by atoms with Crippen molar-refractivity contribution in [1.82, 2.24) is 0 Å². The number of carbonyl (C=O) groups is 2. The Hall–Kier alpha value is -3.02. The van der Waals surface area contributed by atoms with Gasteiger partial charge in [0.2, 0.25) is 5.78 Å². The molecule has 0 bridgehead atoms. The van der Waals surface area contributed by atoms with Crippen molar-refractivity contribution in [2.45, 2.75) is 6.92 Å². The Morgan fingerprint density at radius 3 is 2.09 bits per heavy atom. The van der Waals surface area contributed by atoms with Crippen LogP contribution in [0.2, 0.25) is 0 Å². The van der Waals surface area contributed by atoms with Gasteiger partial charge in [0.1, 0.15) is 17.2 Å². The van der Waals surface area contributed by atoms with Crippen molar-refractivity contribution >= 4 is 17.3 Å². The predicted molar refractivity (Wildman–Crippen MR) is 79.0 cm³/mol. The van der Waals surface area contributed by atoms with E-state index in [2.05, 4.69) is 5.32 Å². The molecule has 3 rings (SSSR count). The molecule has 22 heavy (non-hydrogen) atoms. The van der Waals surface area contributed by atoms with Gasteiger partial charge >= 0.3 is 0 Å². The number of aryl methyl sites for hydroxylation is 1. The number of aromatic hydroxyl groups is 3. The lowest BCUT2D eigenvalue weighted by Crippen LogP contribution is -2.23. The molecule has 0 spiro atoms. The van der Waals surface area contributed by atoms with E-state index in [-0.39, 0.29) is 39.4 Å². The van der Waals surface area contributed by atoms with Crippen molar-refractivity contribution in [1.29, 1.82) is 0 Å². The number of phenolic OH excluding ortho intramolecular Hbond substituents is 3. The van der Waals surface area contributed by atoms with E-state index in [0.29, 0.717) is 5.56 Å². The summed E-state index contributed by atoms with van der Waals surface area (Å²) < 4.78 is 0. The second-order valence-electron chi connectivity index (χ2n) is 5.15. The van der Waals surface area contributed by atoms with E-state index < -0.39 is 17.3 Å². The van der Waals surface area contributed by atoms with E-state index in [1.54, 1.807) is 6.92 Å². The van der Waals surface area contributed by atoms with Crippen molar-refractivity contribution < 1.29 is 24.9 Å². The smallest absolute Gasteiger partial charge is 0.202 e. The van der Waals surface area contributed by atoms with Crippen LogP contribution >= 0.6 is 0 Å². The average Bonchev–Trinajstić information content (AvgIpc) is 2.43. The Morgan fingerprint density at radius 1 is 0.818 bits per heavy atom. The van der Waals surface area contributed by atoms with Crippen LogP contribution < -0.4 is 5.32 Å². The number of phenols is 3. The van der Waals surface area contributed by atoms with Crippen LogP contribution in [0, 0.1) is 6.92 Å². The van der Waals surface area contributed by atoms with Gasteiger partial charge in [0.25, 0.3) is 0 Å². The summed E-state index contributed by atoms with van der Waals surface area (Å²) in [5.74, 6) is -2.34. The minimum atomic E-state index is -0.656. The Labute approximate surface area is 125 Å². The predicted octanol–water partition coefficient (Wildman–Crippen LogP) is 1.93. The maximum absolute atomic E-state index is 12.7. The first-order chi connectivity index (χ1) is 10.4. The van der Waals surface area contributed by atoms with Gasteiger partial charge in [-0.15, -0.1) is 0 Å². The van der Waals surface area contributed by atoms with Crippen LogP contribution in [0.3, 0.4) is 0 Å². The quantitative estimate of drug-likeness (QED) is 0.404. The van der Waals surface area contributed by atoms with Crippen LogP contribution in [-0.4, -0.2) is 33.9 Å². The number of anilines is 1. The molecule has 1 aliphatic rings. The summed E-state index contributed by atoms with van der Waals surface area (Å²) in [5.41, 5.74) is 0.290. The Morgan fingerprint density at radius 2 is 1.45 bits per heavy atom. The molecule has 0 saturated carbocycles. The highest BCUT2D eigenvalue weighted by Crippen LogP contribution is 2.43. The number of hydrogen-bond acceptors (Lipinski definition) is 6. The van der Waals surface area contributed by atoms with Crippen molar-refractivity contribution in [3.05, 3.63) is 46.0 Å². The van der Waals surface area contributed by atoms with E-state index >= 15 is 0 Å². The largest absolute Gasteiger partial charge is 0.507 e. The van der Waals surface area contributed by atoms with Crippen LogP contribution in [0.15, 0.2) is 18.2 Å². The van der Waals surface area contributed by atoms with Crippen molar-refractivity contribution in [3.8, 4) is 17.2 Å². The van der Waals surface area contributed by atoms with Gasteiger partial charge < -0.3 is 20.6 Å². The number of hydrogen-bond donors (Lipinski definition) is 4. The molecule has 0 aliphatic heterocycles. The lowest BCUT2D eigenvalue weighted by Gasteiger charge is -2.22. The molecule has 2 aromatic rings. The second kappa shape index (κ2) is 4.49. The zero-order valence-electron chi connectivity index (χ0n) is 11.9. The molecule has 0 aromatic heterocycles. The van der Waals surface area contributed by atoms with Crippen molar-refractivity contribution in [2.24, 2.45) is 0 Å². The summed E-state index contributed by atoms with van der Waals surface area (Å²) >= 11 is 0. The highest BCUT2D eigenvalue weighted by atomic mass is 16.3. The molecule has 0 atom stereocenters. The Balaban J connectivity index is 2.44. The summed E-state index contributed by atoms with van der Waals surface area (Å²) in [4.78, 5) is 25.3. The Kier molecular flexibility index (Phi) is 2.84. The highest BCUT2D eigenvalue weighted by Gasteiger charge is 2.37. The second-order valence-corrected chi connectivity index (χ2v) is 5.15. The summed E-state index contributed by atoms with van der Waals surface area (Å²) in [6.07, 6.45) is 0. The van der Waals surface area contributed by atoms with Gasteiger partial charge in [-0.2, -0.15) is 0 Å². The molecule has 0 heterocycles. The first kappa shape index (κ1) is 13.9. The standard InChI is InChI=1S/C16H13NO5/c1-6-3-7-11(8(18)4-6)16(22)12-9(19)5-10(20)14(17-2)13(12)15(7)21/h3-5,17-20H,1-2H3. The molecular weight excluding hydrogens is 286 g/mol. The van der Waals surface area contributed by atoms with Gasteiger partial charge in [0, 0.05) is 18.7 Å². The van der Waals surface area contributed by atoms with Crippen molar-refractivity contribution in [3.63, 3.8) is 0 Å². The van der Waals surface area contributed by atoms with E-state index in [1.807, 2.05) is 0 Å². The molecule has 0 unspecified atom stereocenters. The number of nitrogens with one attached hydrogen (secondary N) is 1. The van der Waals surface area contributed by atoms with Crippen LogP contribution in [0.4, 0.5) is 5.69 Å². The summed E-state index contributed by atoms with van der Waals surface area (Å²) in [6.45, 7) is 1.69. The molecule has 6 nitrogen and oxygen atoms in total. The first-order valence-electron chi connectivity index (χ1n) is 6.56. The molecular formula is C16H13NO5. The molecule has 0 amide bonds. The molecule has 112 valence electrons. The molecule has 0 radical (unpaired) electrons. The zero-order valence-corrected chi connectivity index (χ0v) is 11.9. The highest BCUT2D eigenvalue weighted by molar-refractivity contribution is 6.32. The molecule has 1 aliphatic carbocycles. The number of ketones is 2. The van der Waals surface area contributed by atoms with E-state index in [9.17, 15) is 24.9 Å².